The zero-order valence-electron chi connectivity index (χ0n) is 10.2. The smallest absolute Gasteiger partial charge is 0.335 e. The molecule has 2 N–H and O–H groups in total. The molecule has 20 heavy (non-hydrogen) atoms. The molecule has 1 heterocycles. The average Bonchev–Trinajstić information content (AvgIpc) is 2.73. The highest BCUT2D eigenvalue weighted by Crippen LogP contribution is 2.25. The van der Waals surface area contributed by atoms with Gasteiger partial charge in [-0.1, -0.05) is 0 Å². The predicted molar refractivity (Wildman–Crippen MR) is 75.1 cm³/mol. The molecule has 2 aromatic rings. The van der Waals surface area contributed by atoms with Gasteiger partial charge in [0.1, 0.15) is 4.90 Å². The van der Waals surface area contributed by atoms with E-state index in [1.807, 2.05) is 0 Å². The Balaban J connectivity index is 2.37. The molecule has 0 fully saturated rings. The molecule has 0 aliphatic carbocycles. The van der Waals surface area contributed by atoms with E-state index in [2.05, 4.69) is 25.8 Å². The number of hydrogen-bond acceptors (Lipinski definition) is 4. The molecule has 7 nitrogen and oxygen atoms in total. The molecule has 0 aliphatic rings. The van der Waals surface area contributed by atoms with Crippen LogP contribution < -0.4 is 4.72 Å². The summed E-state index contributed by atoms with van der Waals surface area (Å²) in [6.07, 6.45) is 1.60. The molecule has 0 bridgehead atoms. The molecular formula is C11H10BrN3O4S. The topological polar surface area (TPSA) is 101 Å². The molecule has 1 aromatic heterocycles. The van der Waals surface area contributed by atoms with Gasteiger partial charge in [0.25, 0.3) is 10.0 Å². The number of anilines is 1. The number of nitrogens with zero attached hydrogens (tertiary/aromatic N) is 2. The van der Waals surface area contributed by atoms with Crippen molar-refractivity contribution >= 4 is 37.7 Å². The molecule has 0 unspecified atom stereocenters. The van der Waals surface area contributed by atoms with Crippen molar-refractivity contribution in [3.05, 3.63) is 40.5 Å². The SMILES string of the molecule is Cn1ccc(NS(=O)(=O)c2ccc(C(=O)O)cc2Br)n1. The number of benzene rings is 1. The second-order valence-corrected chi connectivity index (χ2v) is 6.44. The van der Waals surface area contributed by atoms with Gasteiger partial charge in [-0.25, -0.2) is 13.2 Å². The molecule has 0 atom stereocenters. The second-order valence-electron chi connectivity index (χ2n) is 3.93. The number of hydrogen-bond donors (Lipinski definition) is 2. The van der Waals surface area contributed by atoms with E-state index in [1.54, 1.807) is 13.2 Å². The predicted octanol–water partition coefficient (Wildman–Crippen LogP) is 1.68. The lowest BCUT2D eigenvalue weighted by Crippen LogP contribution is -2.14. The Kier molecular flexibility index (Phi) is 3.82. The monoisotopic (exact) mass is 359 g/mol. The summed E-state index contributed by atoms with van der Waals surface area (Å²) in [5.74, 6) is -0.950. The molecule has 0 radical (unpaired) electrons. The van der Waals surface area contributed by atoms with E-state index < -0.39 is 16.0 Å². The summed E-state index contributed by atoms with van der Waals surface area (Å²) >= 11 is 3.06. The van der Waals surface area contributed by atoms with Crippen molar-refractivity contribution in [2.24, 2.45) is 7.05 Å². The Morgan fingerprint density at radius 3 is 2.60 bits per heavy atom. The molecule has 2 rings (SSSR count). The maximum absolute atomic E-state index is 12.2. The lowest BCUT2D eigenvalue weighted by Gasteiger charge is -2.08. The van der Waals surface area contributed by atoms with Gasteiger partial charge in [0.15, 0.2) is 5.82 Å². The van der Waals surface area contributed by atoms with Crippen LogP contribution >= 0.6 is 15.9 Å². The largest absolute Gasteiger partial charge is 0.478 e. The van der Waals surface area contributed by atoms with Crippen molar-refractivity contribution in [3.8, 4) is 0 Å². The molecule has 0 aliphatic heterocycles. The van der Waals surface area contributed by atoms with E-state index in [9.17, 15) is 13.2 Å². The van der Waals surface area contributed by atoms with E-state index in [-0.39, 0.29) is 20.7 Å². The number of aromatic carboxylic acids is 1. The van der Waals surface area contributed by atoms with Gasteiger partial charge in [0.05, 0.1) is 5.56 Å². The first-order valence-electron chi connectivity index (χ1n) is 5.35. The van der Waals surface area contributed by atoms with E-state index in [0.29, 0.717) is 0 Å². The normalized spacial score (nSPS) is 11.3. The van der Waals surface area contributed by atoms with E-state index in [4.69, 9.17) is 5.11 Å². The number of rotatable bonds is 4. The summed E-state index contributed by atoms with van der Waals surface area (Å²) in [6, 6.07) is 5.19. The molecule has 0 saturated heterocycles. The van der Waals surface area contributed by atoms with Gasteiger partial charge in [0, 0.05) is 23.8 Å². The first kappa shape index (κ1) is 14.5. The van der Waals surface area contributed by atoms with Gasteiger partial charge in [-0.3, -0.25) is 9.40 Å². The number of aryl methyl sites for hydroxylation is 1. The highest BCUT2D eigenvalue weighted by Gasteiger charge is 2.20. The molecule has 0 amide bonds. The fourth-order valence-electron chi connectivity index (χ4n) is 1.51. The number of aromatic nitrogens is 2. The fraction of sp³-hybridized carbons (Fsp3) is 0.0909. The second kappa shape index (κ2) is 5.25. The van der Waals surface area contributed by atoms with Crippen LogP contribution in [0.25, 0.3) is 0 Å². The summed E-state index contributed by atoms with van der Waals surface area (Å²) in [4.78, 5) is 10.7. The Morgan fingerprint density at radius 2 is 2.10 bits per heavy atom. The van der Waals surface area contributed by atoms with Crippen LogP contribution in [0.5, 0.6) is 0 Å². The average molecular weight is 360 g/mol. The van der Waals surface area contributed by atoms with Crippen LogP contribution in [-0.2, 0) is 17.1 Å². The third-order valence-corrected chi connectivity index (χ3v) is 4.75. The van der Waals surface area contributed by atoms with Gasteiger partial charge >= 0.3 is 5.97 Å². The Bertz CT molecular complexity index is 770. The third-order valence-electron chi connectivity index (χ3n) is 2.42. The van der Waals surface area contributed by atoms with Crippen LogP contribution in [0.4, 0.5) is 5.82 Å². The number of carboxylic acids is 1. The summed E-state index contributed by atoms with van der Waals surface area (Å²) in [5, 5.41) is 12.8. The number of nitrogens with one attached hydrogen (secondary N) is 1. The van der Waals surface area contributed by atoms with E-state index in [0.717, 1.165) is 0 Å². The molecular weight excluding hydrogens is 350 g/mol. The van der Waals surface area contributed by atoms with Crippen molar-refractivity contribution in [1.29, 1.82) is 0 Å². The highest BCUT2D eigenvalue weighted by atomic mass is 79.9. The number of sulfonamides is 1. The maximum atomic E-state index is 12.2. The minimum absolute atomic E-state index is 0.00587. The van der Waals surface area contributed by atoms with Crippen LogP contribution in [0, 0.1) is 0 Å². The minimum atomic E-state index is -3.84. The van der Waals surface area contributed by atoms with E-state index >= 15 is 0 Å². The lowest BCUT2D eigenvalue weighted by atomic mass is 10.2. The van der Waals surface area contributed by atoms with Gasteiger partial charge in [-0.15, -0.1) is 0 Å². The zero-order valence-corrected chi connectivity index (χ0v) is 12.6. The molecule has 0 saturated carbocycles. The van der Waals surface area contributed by atoms with Crippen molar-refractivity contribution < 1.29 is 18.3 Å². The summed E-state index contributed by atoms with van der Waals surface area (Å²) in [7, 11) is -2.18. The number of halogens is 1. The fourth-order valence-corrected chi connectivity index (χ4v) is 3.59. The Labute approximate surface area is 123 Å². The number of carbonyl (C=O) groups is 1. The molecule has 106 valence electrons. The van der Waals surface area contributed by atoms with Crippen molar-refractivity contribution in [3.63, 3.8) is 0 Å². The van der Waals surface area contributed by atoms with Crippen LogP contribution in [0.3, 0.4) is 0 Å². The van der Waals surface area contributed by atoms with Gasteiger partial charge in [-0.2, -0.15) is 5.10 Å². The van der Waals surface area contributed by atoms with Crippen LogP contribution in [-0.4, -0.2) is 29.3 Å². The Morgan fingerprint density at radius 1 is 1.40 bits per heavy atom. The summed E-state index contributed by atoms with van der Waals surface area (Å²) in [6.45, 7) is 0. The highest BCUT2D eigenvalue weighted by molar-refractivity contribution is 9.10. The maximum Gasteiger partial charge on any atom is 0.335 e. The quantitative estimate of drug-likeness (QED) is 0.864. The van der Waals surface area contributed by atoms with Crippen LogP contribution in [0.15, 0.2) is 39.8 Å². The zero-order chi connectivity index (χ0) is 14.9. The van der Waals surface area contributed by atoms with Gasteiger partial charge in [0.2, 0.25) is 0 Å². The van der Waals surface area contributed by atoms with Gasteiger partial charge in [-0.05, 0) is 34.1 Å². The molecule has 0 spiro atoms. The lowest BCUT2D eigenvalue weighted by molar-refractivity contribution is 0.0696. The summed E-state index contributed by atoms with van der Waals surface area (Å²) < 4.78 is 28.3. The van der Waals surface area contributed by atoms with E-state index in [1.165, 1.54) is 28.9 Å². The molecule has 1 aromatic carbocycles. The first-order chi connectivity index (χ1) is 9.29. The van der Waals surface area contributed by atoms with Crippen molar-refractivity contribution in [2.45, 2.75) is 4.90 Å². The van der Waals surface area contributed by atoms with Gasteiger partial charge < -0.3 is 5.11 Å². The standard InChI is InChI=1S/C11H10BrN3O4S/c1-15-5-4-10(13-15)14-20(18,19)9-3-2-7(11(16)17)6-8(9)12/h2-6H,1H3,(H,13,14)(H,16,17). The first-order valence-corrected chi connectivity index (χ1v) is 7.62. The third kappa shape index (κ3) is 2.99. The minimum Gasteiger partial charge on any atom is -0.478 e. The van der Waals surface area contributed by atoms with Crippen LogP contribution in [0.1, 0.15) is 10.4 Å². The summed E-state index contributed by atoms with van der Waals surface area (Å²) in [5.41, 5.74) is -0.00587. The van der Waals surface area contributed by atoms with Crippen molar-refractivity contribution in [2.75, 3.05) is 4.72 Å². The van der Waals surface area contributed by atoms with Crippen LogP contribution in [0.2, 0.25) is 0 Å². The number of carboxylic acid groups (broad SMARTS) is 1. The van der Waals surface area contributed by atoms with Crippen molar-refractivity contribution in [1.82, 2.24) is 9.78 Å². The Hall–Kier alpha value is -1.87. The molecule has 9 heteroatoms.